The van der Waals surface area contributed by atoms with E-state index < -0.39 is 5.67 Å². The molecule has 0 radical (unpaired) electrons. The van der Waals surface area contributed by atoms with E-state index in [9.17, 15) is 9.18 Å². The number of amides is 1. The number of halogens is 1. The summed E-state index contributed by atoms with van der Waals surface area (Å²) in [7, 11) is 0. The van der Waals surface area contributed by atoms with Crippen molar-refractivity contribution in [1.29, 1.82) is 0 Å². The molecule has 1 spiro atoms. The zero-order valence-corrected chi connectivity index (χ0v) is 6.68. The van der Waals surface area contributed by atoms with Crippen molar-refractivity contribution in [3.05, 3.63) is 0 Å². The predicted molar refractivity (Wildman–Crippen MR) is 38.5 cm³/mol. The van der Waals surface area contributed by atoms with E-state index in [2.05, 4.69) is 0 Å². The molecule has 2 bridgehead atoms. The second kappa shape index (κ2) is 1.60. The van der Waals surface area contributed by atoms with E-state index in [-0.39, 0.29) is 18.2 Å². The van der Waals surface area contributed by atoms with Gasteiger partial charge in [0.05, 0.1) is 12.1 Å². The molecule has 2 aliphatic heterocycles. The average molecular weight is 171 g/mol. The number of carbonyl (C=O) groups excluding carboxylic acids is 1. The van der Waals surface area contributed by atoms with Crippen molar-refractivity contribution in [2.45, 2.75) is 30.5 Å². The summed E-state index contributed by atoms with van der Waals surface area (Å²) in [5.74, 6) is 0. The topological polar surface area (TPSA) is 29.5 Å². The Hall–Kier alpha value is -0.800. The van der Waals surface area contributed by atoms with E-state index in [0.29, 0.717) is 19.4 Å². The van der Waals surface area contributed by atoms with Crippen molar-refractivity contribution in [1.82, 2.24) is 4.90 Å². The van der Waals surface area contributed by atoms with Crippen molar-refractivity contribution in [3.63, 3.8) is 0 Å². The zero-order valence-electron chi connectivity index (χ0n) is 6.68. The van der Waals surface area contributed by atoms with E-state index in [1.54, 1.807) is 4.90 Å². The standard InChI is InChI=1S/C8H10FNO2/c9-7-1-2-8(3-7)5-12-6(11)10(8)4-7/h1-5H2. The molecule has 2 atom stereocenters. The maximum absolute atomic E-state index is 13.7. The zero-order chi connectivity index (χ0) is 8.40. The van der Waals surface area contributed by atoms with E-state index >= 15 is 0 Å². The number of carbonyl (C=O) groups is 1. The Balaban J connectivity index is 2.03. The average Bonchev–Trinajstić information content (AvgIpc) is 2.58. The molecular formula is C8H10FNO2. The second-order valence-corrected chi connectivity index (χ2v) is 4.19. The summed E-state index contributed by atoms with van der Waals surface area (Å²) in [6, 6.07) is 0. The van der Waals surface area contributed by atoms with Crippen LogP contribution in [0.25, 0.3) is 0 Å². The molecule has 2 saturated heterocycles. The van der Waals surface area contributed by atoms with Crippen LogP contribution in [0.15, 0.2) is 0 Å². The molecule has 2 unspecified atom stereocenters. The third-order valence-electron chi connectivity index (χ3n) is 3.38. The molecule has 0 N–H and O–H groups in total. The van der Waals surface area contributed by atoms with Gasteiger partial charge in [0, 0.05) is 6.42 Å². The number of rotatable bonds is 0. The fourth-order valence-corrected chi connectivity index (χ4v) is 2.77. The van der Waals surface area contributed by atoms with Crippen LogP contribution >= 0.6 is 0 Å². The van der Waals surface area contributed by atoms with Crippen LogP contribution in [0.1, 0.15) is 19.3 Å². The molecule has 1 aliphatic carbocycles. The number of nitrogens with zero attached hydrogens (tertiary/aromatic N) is 1. The van der Waals surface area contributed by atoms with E-state index in [1.807, 2.05) is 0 Å². The van der Waals surface area contributed by atoms with Gasteiger partial charge in [-0.2, -0.15) is 0 Å². The Bertz CT molecular complexity index is 270. The van der Waals surface area contributed by atoms with Gasteiger partial charge in [-0.15, -0.1) is 0 Å². The Morgan fingerprint density at radius 3 is 3.00 bits per heavy atom. The largest absolute Gasteiger partial charge is 0.447 e. The van der Waals surface area contributed by atoms with Crippen LogP contribution < -0.4 is 0 Å². The highest BCUT2D eigenvalue weighted by Crippen LogP contribution is 2.53. The molecule has 1 saturated carbocycles. The van der Waals surface area contributed by atoms with Gasteiger partial charge in [-0.3, -0.25) is 4.90 Å². The minimum Gasteiger partial charge on any atom is -0.447 e. The first-order valence-electron chi connectivity index (χ1n) is 4.27. The SMILES string of the molecule is O=C1OCC23CCC(F)(CN12)C3. The Labute approximate surface area is 69.5 Å². The molecule has 2 heterocycles. The summed E-state index contributed by atoms with van der Waals surface area (Å²) in [4.78, 5) is 12.7. The summed E-state index contributed by atoms with van der Waals surface area (Å²) in [6.45, 7) is 0.656. The van der Waals surface area contributed by atoms with Crippen LogP contribution in [0.2, 0.25) is 0 Å². The smallest absolute Gasteiger partial charge is 0.410 e. The van der Waals surface area contributed by atoms with Crippen LogP contribution in [0.4, 0.5) is 9.18 Å². The summed E-state index contributed by atoms with van der Waals surface area (Å²) in [5, 5.41) is 0. The summed E-state index contributed by atoms with van der Waals surface area (Å²) >= 11 is 0. The molecule has 3 fully saturated rings. The number of alkyl halides is 1. The van der Waals surface area contributed by atoms with Gasteiger partial charge < -0.3 is 4.74 Å². The number of fused-ring (bicyclic) bond motifs is 1. The molecule has 0 aromatic heterocycles. The third kappa shape index (κ3) is 0.561. The quantitative estimate of drug-likeness (QED) is 0.546. The summed E-state index contributed by atoms with van der Waals surface area (Å²) in [6.07, 6.45) is 1.54. The fourth-order valence-electron chi connectivity index (χ4n) is 2.77. The number of hydrogen-bond acceptors (Lipinski definition) is 2. The predicted octanol–water partition coefficient (Wildman–Crippen LogP) is 1.08. The minimum atomic E-state index is -1.10. The highest BCUT2D eigenvalue weighted by Gasteiger charge is 2.64. The first-order chi connectivity index (χ1) is 5.64. The Morgan fingerprint density at radius 1 is 1.50 bits per heavy atom. The van der Waals surface area contributed by atoms with Gasteiger partial charge in [0.1, 0.15) is 12.3 Å². The second-order valence-electron chi connectivity index (χ2n) is 4.19. The molecule has 3 nitrogen and oxygen atoms in total. The number of cyclic esters (lactones) is 1. The van der Waals surface area contributed by atoms with Crippen LogP contribution in [0, 0.1) is 0 Å². The van der Waals surface area contributed by atoms with Crippen molar-refractivity contribution in [2.75, 3.05) is 13.2 Å². The minimum absolute atomic E-state index is 0.256. The van der Waals surface area contributed by atoms with Crippen LogP contribution in [-0.2, 0) is 4.74 Å². The third-order valence-corrected chi connectivity index (χ3v) is 3.38. The number of ether oxygens (including phenoxy) is 1. The van der Waals surface area contributed by atoms with Crippen molar-refractivity contribution in [3.8, 4) is 0 Å². The van der Waals surface area contributed by atoms with Gasteiger partial charge >= 0.3 is 6.09 Å². The van der Waals surface area contributed by atoms with Gasteiger partial charge in [-0.05, 0) is 12.8 Å². The van der Waals surface area contributed by atoms with Gasteiger partial charge in [-0.25, -0.2) is 9.18 Å². The summed E-state index contributed by atoms with van der Waals surface area (Å²) in [5.41, 5.74) is -1.36. The van der Waals surface area contributed by atoms with Crippen molar-refractivity contribution in [2.24, 2.45) is 0 Å². The van der Waals surface area contributed by atoms with Crippen LogP contribution in [-0.4, -0.2) is 35.4 Å². The highest BCUT2D eigenvalue weighted by atomic mass is 19.1. The number of piperidine rings is 1. The van der Waals surface area contributed by atoms with Crippen molar-refractivity contribution < 1.29 is 13.9 Å². The molecule has 0 aromatic carbocycles. The van der Waals surface area contributed by atoms with Gasteiger partial charge in [-0.1, -0.05) is 0 Å². The lowest BCUT2D eigenvalue weighted by Gasteiger charge is -2.28. The maximum atomic E-state index is 13.7. The molecular weight excluding hydrogens is 161 g/mol. The van der Waals surface area contributed by atoms with E-state index in [0.717, 1.165) is 6.42 Å². The van der Waals surface area contributed by atoms with Crippen LogP contribution in [0.3, 0.4) is 0 Å². The van der Waals surface area contributed by atoms with Crippen LogP contribution in [0.5, 0.6) is 0 Å². The molecule has 1 amide bonds. The lowest BCUT2D eigenvalue weighted by Crippen LogP contribution is -2.43. The monoisotopic (exact) mass is 171 g/mol. The van der Waals surface area contributed by atoms with Gasteiger partial charge in [0.2, 0.25) is 0 Å². The Morgan fingerprint density at radius 2 is 2.33 bits per heavy atom. The molecule has 3 aliphatic rings. The fraction of sp³-hybridized carbons (Fsp3) is 0.875. The van der Waals surface area contributed by atoms with Gasteiger partial charge in [0.15, 0.2) is 0 Å². The number of hydrogen-bond donors (Lipinski definition) is 0. The summed E-state index contributed by atoms with van der Waals surface area (Å²) < 4.78 is 18.6. The maximum Gasteiger partial charge on any atom is 0.410 e. The Kier molecular flexibility index (Phi) is 0.894. The molecule has 66 valence electrons. The lowest BCUT2D eigenvalue weighted by molar-refractivity contribution is 0.119. The van der Waals surface area contributed by atoms with Crippen molar-refractivity contribution >= 4 is 6.09 Å². The first-order valence-corrected chi connectivity index (χ1v) is 4.27. The normalized spacial score (nSPS) is 49.8. The molecule has 12 heavy (non-hydrogen) atoms. The highest BCUT2D eigenvalue weighted by molar-refractivity contribution is 5.72. The first kappa shape index (κ1) is 6.69. The van der Waals surface area contributed by atoms with Gasteiger partial charge in [0.25, 0.3) is 0 Å². The molecule has 4 heteroatoms. The lowest BCUT2D eigenvalue weighted by atomic mass is 10.0. The molecule has 0 aromatic rings. The van der Waals surface area contributed by atoms with E-state index in [1.165, 1.54) is 0 Å². The van der Waals surface area contributed by atoms with E-state index in [4.69, 9.17) is 4.74 Å². The molecule has 3 rings (SSSR count).